The first kappa shape index (κ1) is 15.2. The zero-order valence-electron chi connectivity index (χ0n) is 10.6. The molecule has 0 spiro atoms. The molecule has 0 saturated carbocycles. The van der Waals surface area contributed by atoms with E-state index in [4.69, 9.17) is 0 Å². The highest BCUT2D eigenvalue weighted by Crippen LogP contribution is 2.38. The summed E-state index contributed by atoms with van der Waals surface area (Å²) in [6, 6.07) is 7.45. The Labute approximate surface area is 133 Å². The summed E-state index contributed by atoms with van der Waals surface area (Å²) in [5.41, 5.74) is 2.92. The summed E-state index contributed by atoms with van der Waals surface area (Å²) in [4.78, 5) is 0. The van der Waals surface area contributed by atoms with Crippen molar-refractivity contribution < 1.29 is 4.39 Å². The minimum Gasteiger partial charge on any atom is -0.306 e. The van der Waals surface area contributed by atoms with E-state index in [9.17, 15) is 4.39 Å². The molecular formula is C14H14Br2FNS. The molecule has 2 aromatic rings. The molecule has 19 heavy (non-hydrogen) atoms. The number of rotatable bonds is 4. The van der Waals surface area contributed by atoms with E-state index in [0.29, 0.717) is 5.56 Å². The molecule has 1 atom stereocenters. The Kier molecular flexibility index (Phi) is 5.17. The van der Waals surface area contributed by atoms with E-state index in [1.807, 2.05) is 12.1 Å². The molecule has 1 aromatic carbocycles. The van der Waals surface area contributed by atoms with Gasteiger partial charge in [0.1, 0.15) is 5.82 Å². The maximum atomic E-state index is 13.4. The van der Waals surface area contributed by atoms with Gasteiger partial charge in [0, 0.05) is 0 Å². The molecule has 5 heteroatoms. The van der Waals surface area contributed by atoms with E-state index < -0.39 is 0 Å². The van der Waals surface area contributed by atoms with Gasteiger partial charge in [-0.05, 0) is 74.2 Å². The van der Waals surface area contributed by atoms with E-state index in [1.54, 1.807) is 18.3 Å². The van der Waals surface area contributed by atoms with Gasteiger partial charge < -0.3 is 5.32 Å². The van der Waals surface area contributed by atoms with Gasteiger partial charge in [-0.1, -0.05) is 19.1 Å². The van der Waals surface area contributed by atoms with Crippen molar-refractivity contribution in [3.63, 3.8) is 0 Å². The van der Waals surface area contributed by atoms with Gasteiger partial charge in [-0.15, -0.1) is 11.3 Å². The van der Waals surface area contributed by atoms with Crippen LogP contribution in [0.2, 0.25) is 0 Å². The van der Waals surface area contributed by atoms with Crippen LogP contribution in [0.5, 0.6) is 0 Å². The number of hydrogen-bond donors (Lipinski definition) is 1. The number of halogens is 3. The summed E-state index contributed by atoms with van der Waals surface area (Å²) in [7, 11) is 0. The van der Waals surface area contributed by atoms with Gasteiger partial charge in [-0.2, -0.15) is 0 Å². The third-order valence-electron chi connectivity index (χ3n) is 2.92. The van der Waals surface area contributed by atoms with Gasteiger partial charge in [0.25, 0.3) is 0 Å². The van der Waals surface area contributed by atoms with Crippen molar-refractivity contribution in [1.29, 1.82) is 0 Å². The number of nitrogens with one attached hydrogen (secondary N) is 1. The van der Waals surface area contributed by atoms with E-state index in [0.717, 1.165) is 19.7 Å². The maximum Gasteiger partial charge on any atom is 0.126 e. The largest absolute Gasteiger partial charge is 0.306 e. The molecule has 1 N–H and O–H groups in total. The first-order chi connectivity index (χ1) is 9.02. The average Bonchev–Trinajstić information content (AvgIpc) is 2.69. The summed E-state index contributed by atoms with van der Waals surface area (Å²) in [5.74, 6) is -0.162. The number of benzene rings is 1. The first-order valence-corrected chi connectivity index (χ1v) is 8.37. The summed E-state index contributed by atoms with van der Waals surface area (Å²) >= 11 is 8.74. The van der Waals surface area contributed by atoms with Crippen LogP contribution >= 0.6 is 43.2 Å². The fourth-order valence-electron chi connectivity index (χ4n) is 2.01. The molecule has 0 radical (unpaired) electrons. The molecule has 0 amide bonds. The molecule has 0 saturated heterocycles. The van der Waals surface area contributed by atoms with Gasteiger partial charge >= 0.3 is 0 Å². The average molecular weight is 407 g/mol. The molecule has 1 aromatic heterocycles. The maximum absolute atomic E-state index is 13.4. The van der Waals surface area contributed by atoms with Crippen molar-refractivity contribution in [2.24, 2.45) is 0 Å². The number of thiophene rings is 1. The quantitative estimate of drug-likeness (QED) is 0.714. The van der Waals surface area contributed by atoms with Crippen molar-refractivity contribution in [2.45, 2.75) is 19.9 Å². The van der Waals surface area contributed by atoms with Gasteiger partial charge in [0.05, 0.1) is 13.6 Å². The van der Waals surface area contributed by atoms with Crippen molar-refractivity contribution in [1.82, 2.24) is 5.32 Å². The third-order valence-corrected chi connectivity index (χ3v) is 5.30. The summed E-state index contributed by atoms with van der Waals surface area (Å²) < 4.78 is 15.6. The minimum atomic E-state index is -0.162. The van der Waals surface area contributed by atoms with Gasteiger partial charge in [0.2, 0.25) is 0 Å². The smallest absolute Gasteiger partial charge is 0.126 e. The van der Waals surface area contributed by atoms with Crippen LogP contribution in [0.25, 0.3) is 0 Å². The molecule has 1 nitrogen and oxygen atoms in total. The number of aryl methyl sites for hydroxylation is 1. The second-order valence-electron chi connectivity index (χ2n) is 4.28. The molecule has 0 fully saturated rings. The van der Waals surface area contributed by atoms with Crippen LogP contribution in [0.1, 0.15) is 29.7 Å². The standard InChI is InChI=1S/C14H14Br2FNS/c1-3-18-13(10-7-12(15)19-14(10)16)9-4-5-11(17)8(2)6-9/h4-7,13,18H,3H2,1-2H3. The highest BCUT2D eigenvalue weighted by Gasteiger charge is 2.19. The topological polar surface area (TPSA) is 12.0 Å². The van der Waals surface area contributed by atoms with Crippen molar-refractivity contribution in [3.05, 3.63) is 54.3 Å². The lowest BCUT2D eigenvalue weighted by atomic mass is 9.99. The lowest BCUT2D eigenvalue weighted by molar-refractivity contribution is 0.606. The lowest BCUT2D eigenvalue weighted by Gasteiger charge is -2.19. The van der Waals surface area contributed by atoms with E-state index in [2.05, 4.69) is 50.2 Å². The van der Waals surface area contributed by atoms with Crippen molar-refractivity contribution >= 4 is 43.2 Å². The zero-order chi connectivity index (χ0) is 14.0. The first-order valence-electron chi connectivity index (χ1n) is 5.97. The van der Waals surface area contributed by atoms with Crippen LogP contribution in [0.3, 0.4) is 0 Å². The monoisotopic (exact) mass is 405 g/mol. The van der Waals surface area contributed by atoms with Gasteiger partial charge in [-0.25, -0.2) is 4.39 Å². The summed E-state index contributed by atoms with van der Waals surface area (Å²) in [5, 5.41) is 3.45. The third kappa shape index (κ3) is 3.45. The molecule has 1 heterocycles. The molecule has 0 bridgehead atoms. The van der Waals surface area contributed by atoms with Crippen LogP contribution in [0.15, 0.2) is 31.8 Å². The fraction of sp³-hybridized carbons (Fsp3) is 0.286. The SMILES string of the molecule is CCNC(c1ccc(F)c(C)c1)c1cc(Br)sc1Br. The lowest BCUT2D eigenvalue weighted by Crippen LogP contribution is -2.22. The van der Waals surface area contributed by atoms with Crippen LogP contribution < -0.4 is 5.32 Å². The second-order valence-corrected chi connectivity index (χ2v) is 8.03. The Morgan fingerprint density at radius 3 is 2.58 bits per heavy atom. The van der Waals surface area contributed by atoms with Crippen LogP contribution in [0, 0.1) is 12.7 Å². The van der Waals surface area contributed by atoms with Crippen molar-refractivity contribution in [2.75, 3.05) is 6.54 Å². The van der Waals surface area contributed by atoms with Crippen LogP contribution in [0.4, 0.5) is 4.39 Å². The van der Waals surface area contributed by atoms with E-state index in [-0.39, 0.29) is 11.9 Å². The van der Waals surface area contributed by atoms with E-state index in [1.165, 1.54) is 11.6 Å². The normalized spacial score (nSPS) is 12.7. The minimum absolute atomic E-state index is 0.0706. The molecule has 0 aliphatic heterocycles. The van der Waals surface area contributed by atoms with Crippen LogP contribution in [-0.2, 0) is 0 Å². The molecule has 1 unspecified atom stereocenters. The van der Waals surface area contributed by atoms with Crippen LogP contribution in [-0.4, -0.2) is 6.54 Å². The molecular weight excluding hydrogens is 393 g/mol. The summed E-state index contributed by atoms with van der Waals surface area (Å²) in [6.45, 7) is 4.71. The predicted octanol–water partition coefficient (Wildman–Crippen LogP) is 5.42. The summed E-state index contributed by atoms with van der Waals surface area (Å²) in [6.07, 6.45) is 0. The highest BCUT2D eigenvalue weighted by molar-refractivity contribution is 9.12. The van der Waals surface area contributed by atoms with Gasteiger partial charge in [0.15, 0.2) is 0 Å². The molecule has 2 rings (SSSR count). The molecule has 0 aliphatic carbocycles. The molecule has 102 valence electrons. The van der Waals surface area contributed by atoms with Crippen molar-refractivity contribution in [3.8, 4) is 0 Å². The van der Waals surface area contributed by atoms with E-state index >= 15 is 0 Å². The molecule has 0 aliphatic rings. The second kappa shape index (κ2) is 6.48. The Morgan fingerprint density at radius 1 is 1.32 bits per heavy atom. The Hall–Kier alpha value is -0.230. The fourth-order valence-corrected chi connectivity index (χ4v) is 4.91. The Bertz CT molecular complexity index is 583. The zero-order valence-corrected chi connectivity index (χ0v) is 14.6. The van der Waals surface area contributed by atoms with Gasteiger partial charge in [-0.3, -0.25) is 0 Å². The number of hydrogen-bond acceptors (Lipinski definition) is 2. The Balaban J connectivity index is 2.44. The predicted molar refractivity (Wildman–Crippen MR) is 86.4 cm³/mol. The Morgan fingerprint density at radius 2 is 2.05 bits per heavy atom. The highest BCUT2D eigenvalue weighted by atomic mass is 79.9.